The summed E-state index contributed by atoms with van der Waals surface area (Å²) < 4.78 is 0. The van der Waals surface area contributed by atoms with Crippen LogP contribution in [0.4, 0.5) is 17.2 Å². The van der Waals surface area contributed by atoms with Gasteiger partial charge in [0, 0.05) is 13.2 Å². The number of nitrogens with two attached hydrogens (primary N) is 1. The molecule has 88 valence electrons. The summed E-state index contributed by atoms with van der Waals surface area (Å²) in [5, 5.41) is 0. The van der Waals surface area contributed by atoms with Crippen LogP contribution in [0.5, 0.6) is 0 Å². The van der Waals surface area contributed by atoms with Crippen LogP contribution in [-0.4, -0.2) is 12.0 Å². The third-order valence-corrected chi connectivity index (χ3v) is 3.00. The van der Waals surface area contributed by atoms with Gasteiger partial charge in [0.1, 0.15) is 5.82 Å². The van der Waals surface area contributed by atoms with Crippen molar-refractivity contribution in [3.8, 4) is 0 Å². The second-order valence-corrected chi connectivity index (χ2v) is 4.24. The van der Waals surface area contributed by atoms with Crippen molar-refractivity contribution in [2.75, 3.05) is 17.7 Å². The molecule has 0 amide bonds. The second kappa shape index (κ2) is 4.45. The van der Waals surface area contributed by atoms with E-state index in [2.05, 4.69) is 24.9 Å². The van der Waals surface area contributed by atoms with E-state index in [0.29, 0.717) is 0 Å². The highest BCUT2D eigenvalue weighted by Gasteiger charge is 2.09. The normalized spacial score (nSPS) is 10.3. The Hall–Kier alpha value is -2.03. The fourth-order valence-corrected chi connectivity index (χ4v) is 1.79. The average Bonchev–Trinajstić information content (AvgIpc) is 2.34. The van der Waals surface area contributed by atoms with Gasteiger partial charge in [-0.1, -0.05) is 6.07 Å². The van der Waals surface area contributed by atoms with E-state index in [-0.39, 0.29) is 0 Å². The zero-order valence-corrected chi connectivity index (χ0v) is 10.4. The molecule has 3 nitrogen and oxygen atoms in total. The number of nitrogens with zero attached hydrogens (tertiary/aromatic N) is 2. The van der Waals surface area contributed by atoms with Crippen LogP contribution in [0.15, 0.2) is 36.5 Å². The van der Waals surface area contributed by atoms with Crippen molar-refractivity contribution in [2.24, 2.45) is 0 Å². The number of rotatable bonds is 2. The van der Waals surface area contributed by atoms with Crippen LogP contribution >= 0.6 is 0 Å². The van der Waals surface area contributed by atoms with E-state index in [1.165, 1.54) is 11.1 Å². The summed E-state index contributed by atoms with van der Waals surface area (Å²) in [5.74, 6) is 0.891. The highest BCUT2D eigenvalue weighted by atomic mass is 15.2. The summed E-state index contributed by atoms with van der Waals surface area (Å²) in [4.78, 5) is 6.32. The number of aryl methyl sites for hydroxylation is 2. The Morgan fingerprint density at radius 1 is 1.12 bits per heavy atom. The van der Waals surface area contributed by atoms with Crippen molar-refractivity contribution in [1.29, 1.82) is 0 Å². The molecular formula is C14H17N3. The summed E-state index contributed by atoms with van der Waals surface area (Å²) >= 11 is 0. The first-order valence-electron chi connectivity index (χ1n) is 5.61. The van der Waals surface area contributed by atoms with Crippen molar-refractivity contribution in [1.82, 2.24) is 4.98 Å². The van der Waals surface area contributed by atoms with E-state index in [1.54, 1.807) is 6.20 Å². The van der Waals surface area contributed by atoms with Crippen LogP contribution in [0, 0.1) is 13.8 Å². The summed E-state index contributed by atoms with van der Waals surface area (Å²) in [7, 11) is 1.98. The summed E-state index contributed by atoms with van der Waals surface area (Å²) in [6.07, 6.45) is 1.78. The largest absolute Gasteiger partial charge is 0.397 e. The molecule has 0 aliphatic carbocycles. The van der Waals surface area contributed by atoms with Crippen molar-refractivity contribution >= 4 is 17.2 Å². The quantitative estimate of drug-likeness (QED) is 0.802. The van der Waals surface area contributed by atoms with Crippen LogP contribution in [0.25, 0.3) is 0 Å². The molecule has 0 aliphatic heterocycles. The van der Waals surface area contributed by atoms with E-state index in [0.717, 1.165) is 17.2 Å². The van der Waals surface area contributed by atoms with Gasteiger partial charge >= 0.3 is 0 Å². The van der Waals surface area contributed by atoms with Crippen molar-refractivity contribution in [3.63, 3.8) is 0 Å². The fraction of sp³-hybridized carbons (Fsp3) is 0.214. The van der Waals surface area contributed by atoms with Crippen LogP contribution in [0.3, 0.4) is 0 Å². The van der Waals surface area contributed by atoms with Crippen LogP contribution < -0.4 is 10.6 Å². The molecule has 0 saturated heterocycles. The smallest absolute Gasteiger partial charge is 0.132 e. The van der Waals surface area contributed by atoms with Gasteiger partial charge in [-0.3, -0.25) is 0 Å². The maximum atomic E-state index is 6.06. The van der Waals surface area contributed by atoms with E-state index in [1.807, 2.05) is 36.2 Å². The lowest BCUT2D eigenvalue weighted by molar-refractivity contribution is 1.12. The van der Waals surface area contributed by atoms with Gasteiger partial charge < -0.3 is 10.6 Å². The zero-order chi connectivity index (χ0) is 12.4. The molecule has 1 heterocycles. The minimum absolute atomic E-state index is 0.779. The standard InChI is InChI=1S/C14H17N3/c1-10-8-12(15)13(9-11(10)2)17(3)14-6-4-5-7-16-14/h4-9H,15H2,1-3H3. The van der Waals surface area contributed by atoms with Crippen LogP contribution in [0.2, 0.25) is 0 Å². The molecule has 0 atom stereocenters. The van der Waals surface area contributed by atoms with Gasteiger partial charge in [-0.25, -0.2) is 4.98 Å². The number of hydrogen-bond acceptors (Lipinski definition) is 3. The Morgan fingerprint density at radius 3 is 2.47 bits per heavy atom. The summed E-state index contributed by atoms with van der Waals surface area (Å²) in [5.41, 5.74) is 10.3. The third kappa shape index (κ3) is 2.23. The molecular weight excluding hydrogens is 210 g/mol. The van der Waals surface area contributed by atoms with Crippen molar-refractivity contribution in [2.45, 2.75) is 13.8 Å². The highest BCUT2D eigenvalue weighted by Crippen LogP contribution is 2.29. The molecule has 0 saturated carbocycles. The van der Waals surface area contributed by atoms with Gasteiger partial charge in [0.15, 0.2) is 0 Å². The lowest BCUT2D eigenvalue weighted by atomic mass is 10.1. The lowest BCUT2D eigenvalue weighted by Crippen LogP contribution is -2.13. The topological polar surface area (TPSA) is 42.1 Å². The molecule has 2 aromatic rings. The fourth-order valence-electron chi connectivity index (χ4n) is 1.79. The monoisotopic (exact) mass is 227 g/mol. The lowest BCUT2D eigenvalue weighted by Gasteiger charge is -2.21. The number of benzene rings is 1. The van der Waals surface area contributed by atoms with Crippen molar-refractivity contribution < 1.29 is 0 Å². The molecule has 2 N–H and O–H groups in total. The summed E-state index contributed by atoms with van der Waals surface area (Å²) in [6.45, 7) is 4.15. The van der Waals surface area contributed by atoms with Gasteiger partial charge in [0.2, 0.25) is 0 Å². The molecule has 0 unspecified atom stereocenters. The maximum Gasteiger partial charge on any atom is 0.132 e. The Kier molecular flexibility index (Phi) is 3.00. The molecule has 1 aromatic heterocycles. The molecule has 3 heteroatoms. The molecule has 0 spiro atoms. The van der Waals surface area contributed by atoms with E-state index in [9.17, 15) is 0 Å². The van der Waals surface area contributed by atoms with Gasteiger partial charge in [-0.2, -0.15) is 0 Å². The predicted molar refractivity (Wildman–Crippen MR) is 72.6 cm³/mol. The van der Waals surface area contributed by atoms with Gasteiger partial charge in [0.25, 0.3) is 0 Å². The first-order valence-corrected chi connectivity index (χ1v) is 5.61. The SMILES string of the molecule is Cc1cc(N)c(N(C)c2ccccn2)cc1C. The number of hydrogen-bond donors (Lipinski definition) is 1. The van der Waals surface area contributed by atoms with Crippen molar-refractivity contribution in [3.05, 3.63) is 47.7 Å². The first-order chi connectivity index (χ1) is 8.09. The molecule has 1 aromatic carbocycles. The second-order valence-electron chi connectivity index (χ2n) is 4.24. The predicted octanol–water partition coefficient (Wildman–Crippen LogP) is 3.05. The first kappa shape index (κ1) is 11.5. The molecule has 0 radical (unpaired) electrons. The number of anilines is 3. The van der Waals surface area contributed by atoms with Gasteiger partial charge in [-0.15, -0.1) is 0 Å². The minimum atomic E-state index is 0.779. The van der Waals surface area contributed by atoms with Crippen LogP contribution in [0.1, 0.15) is 11.1 Å². The molecule has 17 heavy (non-hydrogen) atoms. The highest BCUT2D eigenvalue weighted by molar-refractivity contribution is 5.74. The van der Waals surface area contributed by atoms with E-state index < -0.39 is 0 Å². The molecule has 0 fully saturated rings. The Labute approximate surface area is 102 Å². The number of aromatic nitrogens is 1. The maximum absolute atomic E-state index is 6.06. The Balaban J connectivity index is 2.44. The van der Waals surface area contributed by atoms with E-state index in [4.69, 9.17) is 5.73 Å². The Morgan fingerprint density at radius 2 is 1.82 bits per heavy atom. The van der Waals surface area contributed by atoms with Crippen LogP contribution in [-0.2, 0) is 0 Å². The zero-order valence-electron chi connectivity index (χ0n) is 10.4. The summed E-state index contributed by atoms with van der Waals surface area (Å²) in [6, 6.07) is 9.94. The van der Waals surface area contributed by atoms with Gasteiger partial charge in [-0.05, 0) is 49.2 Å². The Bertz CT molecular complexity index is 520. The van der Waals surface area contributed by atoms with E-state index >= 15 is 0 Å². The number of nitrogen functional groups attached to an aromatic ring is 1. The average molecular weight is 227 g/mol. The third-order valence-electron chi connectivity index (χ3n) is 3.00. The minimum Gasteiger partial charge on any atom is -0.397 e. The molecule has 0 bridgehead atoms. The van der Waals surface area contributed by atoms with Gasteiger partial charge in [0.05, 0.1) is 11.4 Å². The number of pyridine rings is 1. The molecule has 0 aliphatic rings. The molecule has 2 rings (SSSR count).